The average molecular weight is 249 g/mol. The van der Waals surface area contributed by atoms with Crippen LogP contribution in [-0.4, -0.2) is 18.8 Å². The summed E-state index contributed by atoms with van der Waals surface area (Å²) in [5.41, 5.74) is 1.98. The van der Waals surface area contributed by atoms with Crippen LogP contribution in [0.1, 0.15) is 38.7 Å². The maximum Gasteiger partial charge on any atom is 0.0108 e. The van der Waals surface area contributed by atoms with E-state index in [9.17, 15) is 0 Å². The Bertz CT molecular complexity index is 367. The highest BCUT2D eigenvalue weighted by Gasteiger charge is 2.22. The van der Waals surface area contributed by atoms with E-state index in [2.05, 4.69) is 50.4 Å². The molecule has 1 atom stereocenters. The quantitative estimate of drug-likeness (QED) is 0.812. The number of thioether (sulfide) groups is 1. The van der Waals surface area contributed by atoms with Gasteiger partial charge in [0.15, 0.2) is 0 Å². The van der Waals surface area contributed by atoms with E-state index in [1.165, 1.54) is 17.1 Å². The molecule has 1 heterocycles. The highest BCUT2D eigenvalue weighted by atomic mass is 32.2. The molecule has 1 unspecified atom stereocenters. The van der Waals surface area contributed by atoms with Crippen molar-refractivity contribution in [2.24, 2.45) is 5.41 Å². The Morgan fingerprint density at radius 3 is 2.82 bits per heavy atom. The molecular formula is C15H23NS. The first kappa shape index (κ1) is 13.0. The number of fused-ring (bicyclic) bond motifs is 1. The minimum Gasteiger partial charge on any atom is -0.316 e. The summed E-state index contributed by atoms with van der Waals surface area (Å²) in [5, 5.41) is 3.61. The first-order chi connectivity index (χ1) is 8.06. The fraction of sp³-hybridized carbons (Fsp3) is 0.600. The van der Waals surface area contributed by atoms with Gasteiger partial charge in [-0.1, -0.05) is 39.0 Å². The van der Waals surface area contributed by atoms with Crippen LogP contribution in [0.2, 0.25) is 0 Å². The van der Waals surface area contributed by atoms with Crippen molar-refractivity contribution in [2.45, 2.75) is 38.0 Å². The number of benzene rings is 1. The van der Waals surface area contributed by atoms with Crippen molar-refractivity contribution >= 4 is 11.8 Å². The zero-order chi connectivity index (χ0) is 12.3. The Morgan fingerprint density at radius 1 is 1.29 bits per heavy atom. The summed E-state index contributed by atoms with van der Waals surface area (Å²) in [7, 11) is 0. The molecule has 1 N–H and O–H groups in total. The van der Waals surface area contributed by atoms with E-state index in [1.807, 2.05) is 11.8 Å². The fourth-order valence-corrected chi connectivity index (χ4v) is 3.39. The van der Waals surface area contributed by atoms with Crippen LogP contribution in [0, 0.1) is 5.41 Å². The number of rotatable bonds is 4. The summed E-state index contributed by atoms with van der Waals surface area (Å²) >= 11 is 2.00. The predicted octanol–water partition coefficient (Wildman–Crippen LogP) is 3.90. The van der Waals surface area contributed by atoms with E-state index >= 15 is 0 Å². The minimum atomic E-state index is 0.440. The number of hydrogen-bond donors (Lipinski definition) is 1. The highest BCUT2D eigenvalue weighted by Crippen LogP contribution is 2.38. The van der Waals surface area contributed by atoms with Crippen molar-refractivity contribution in [1.82, 2.24) is 5.32 Å². The lowest BCUT2D eigenvalue weighted by molar-refractivity contribution is 0.365. The van der Waals surface area contributed by atoms with E-state index in [4.69, 9.17) is 0 Å². The molecule has 94 valence electrons. The molecule has 0 aromatic heterocycles. The summed E-state index contributed by atoms with van der Waals surface area (Å²) in [4.78, 5) is 1.48. The van der Waals surface area contributed by atoms with Crippen molar-refractivity contribution in [3.05, 3.63) is 29.8 Å². The molecule has 0 spiro atoms. The van der Waals surface area contributed by atoms with Gasteiger partial charge in [-0.15, -0.1) is 11.8 Å². The van der Waals surface area contributed by atoms with Gasteiger partial charge in [0.1, 0.15) is 0 Å². The molecular weight excluding hydrogens is 226 g/mol. The highest BCUT2D eigenvalue weighted by molar-refractivity contribution is 7.99. The van der Waals surface area contributed by atoms with Crippen molar-refractivity contribution < 1.29 is 0 Å². The van der Waals surface area contributed by atoms with Gasteiger partial charge in [0.25, 0.3) is 0 Å². The molecule has 1 nitrogen and oxygen atoms in total. The van der Waals surface area contributed by atoms with Gasteiger partial charge in [0, 0.05) is 23.1 Å². The third-order valence-corrected chi connectivity index (χ3v) is 4.49. The van der Waals surface area contributed by atoms with Gasteiger partial charge < -0.3 is 5.32 Å². The fourth-order valence-electron chi connectivity index (χ4n) is 2.14. The van der Waals surface area contributed by atoms with Crippen LogP contribution in [0.25, 0.3) is 0 Å². The molecule has 1 aliphatic rings. The summed E-state index contributed by atoms with van der Waals surface area (Å²) in [6.45, 7) is 9.16. The summed E-state index contributed by atoms with van der Waals surface area (Å²) in [6, 6.07) is 8.83. The lowest BCUT2D eigenvalue weighted by Gasteiger charge is -2.19. The van der Waals surface area contributed by atoms with E-state index in [0.717, 1.165) is 13.1 Å². The Labute approximate surface area is 109 Å². The molecule has 0 fully saturated rings. The molecule has 0 saturated heterocycles. The molecule has 1 aromatic rings. The van der Waals surface area contributed by atoms with Crippen molar-refractivity contribution in [1.29, 1.82) is 0 Å². The van der Waals surface area contributed by atoms with Crippen molar-refractivity contribution in [3.63, 3.8) is 0 Å². The van der Waals surface area contributed by atoms with Crippen LogP contribution in [0.15, 0.2) is 29.2 Å². The van der Waals surface area contributed by atoms with Gasteiger partial charge in [-0.2, -0.15) is 0 Å². The van der Waals surface area contributed by atoms with Gasteiger partial charge in [-0.25, -0.2) is 0 Å². The SMILES string of the molecule is CC(C)(C)CCNCC1CSc2ccccc21. The van der Waals surface area contributed by atoms with Crippen LogP contribution in [0.3, 0.4) is 0 Å². The Morgan fingerprint density at radius 2 is 2.06 bits per heavy atom. The number of nitrogens with one attached hydrogen (secondary N) is 1. The second-order valence-corrected chi connectivity index (χ2v) is 7.12. The summed E-state index contributed by atoms with van der Waals surface area (Å²) < 4.78 is 0. The third-order valence-electron chi connectivity index (χ3n) is 3.24. The van der Waals surface area contributed by atoms with Crippen LogP contribution < -0.4 is 5.32 Å². The van der Waals surface area contributed by atoms with E-state index in [1.54, 1.807) is 5.56 Å². The van der Waals surface area contributed by atoms with Crippen molar-refractivity contribution in [2.75, 3.05) is 18.8 Å². The molecule has 1 aliphatic heterocycles. The molecule has 0 saturated carbocycles. The molecule has 2 rings (SSSR count). The Kier molecular flexibility index (Phi) is 4.16. The number of hydrogen-bond acceptors (Lipinski definition) is 2. The monoisotopic (exact) mass is 249 g/mol. The van der Waals surface area contributed by atoms with Gasteiger partial charge in [0.2, 0.25) is 0 Å². The molecule has 17 heavy (non-hydrogen) atoms. The van der Waals surface area contributed by atoms with Crippen LogP contribution in [-0.2, 0) is 0 Å². The topological polar surface area (TPSA) is 12.0 Å². The lowest BCUT2D eigenvalue weighted by atomic mass is 9.92. The van der Waals surface area contributed by atoms with Gasteiger partial charge in [-0.3, -0.25) is 0 Å². The first-order valence-corrected chi connectivity index (χ1v) is 7.47. The zero-order valence-corrected chi connectivity index (χ0v) is 11.9. The molecule has 2 heteroatoms. The summed E-state index contributed by atoms with van der Waals surface area (Å²) in [5.74, 6) is 1.94. The Hall–Kier alpha value is -0.470. The van der Waals surface area contributed by atoms with Gasteiger partial charge in [-0.05, 0) is 30.0 Å². The third kappa shape index (κ3) is 3.75. The van der Waals surface area contributed by atoms with Crippen molar-refractivity contribution in [3.8, 4) is 0 Å². The normalized spacial score (nSPS) is 19.4. The average Bonchev–Trinajstić information content (AvgIpc) is 2.67. The largest absolute Gasteiger partial charge is 0.316 e. The summed E-state index contributed by atoms with van der Waals surface area (Å²) in [6.07, 6.45) is 1.24. The maximum atomic E-state index is 3.61. The molecule has 0 amide bonds. The standard InChI is InChI=1S/C15H23NS/c1-15(2,3)8-9-16-10-12-11-17-14-7-5-4-6-13(12)14/h4-7,12,16H,8-11H2,1-3H3. The molecule has 0 aliphatic carbocycles. The van der Waals surface area contributed by atoms with Crippen LogP contribution >= 0.6 is 11.8 Å². The van der Waals surface area contributed by atoms with E-state index < -0.39 is 0 Å². The first-order valence-electron chi connectivity index (χ1n) is 6.49. The predicted molar refractivity (Wildman–Crippen MR) is 76.8 cm³/mol. The maximum absolute atomic E-state index is 3.61. The smallest absolute Gasteiger partial charge is 0.0108 e. The zero-order valence-electron chi connectivity index (χ0n) is 11.1. The van der Waals surface area contributed by atoms with Gasteiger partial charge in [0.05, 0.1) is 0 Å². The van der Waals surface area contributed by atoms with Crippen LogP contribution in [0.5, 0.6) is 0 Å². The minimum absolute atomic E-state index is 0.440. The Balaban J connectivity index is 1.78. The second kappa shape index (κ2) is 5.45. The lowest BCUT2D eigenvalue weighted by Crippen LogP contribution is -2.25. The van der Waals surface area contributed by atoms with E-state index in [0.29, 0.717) is 11.3 Å². The van der Waals surface area contributed by atoms with E-state index in [-0.39, 0.29) is 0 Å². The second-order valence-electron chi connectivity index (χ2n) is 6.06. The van der Waals surface area contributed by atoms with Crippen LogP contribution in [0.4, 0.5) is 0 Å². The molecule has 0 radical (unpaired) electrons. The molecule has 1 aromatic carbocycles. The van der Waals surface area contributed by atoms with Gasteiger partial charge >= 0.3 is 0 Å². The molecule has 0 bridgehead atoms.